The Labute approximate surface area is 96.2 Å². The van der Waals surface area contributed by atoms with Crippen LogP contribution < -0.4 is 0 Å². The Hall–Kier alpha value is -0.0500. The molecular weight excluding hydrogens is 242 g/mol. The Morgan fingerprint density at radius 2 is 1.93 bits per heavy atom. The van der Waals surface area contributed by atoms with Crippen LogP contribution in [0.25, 0.3) is 0 Å². The van der Waals surface area contributed by atoms with Crippen molar-refractivity contribution in [3.05, 3.63) is 0 Å². The summed E-state index contributed by atoms with van der Waals surface area (Å²) in [5.74, 6) is 0.562. The van der Waals surface area contributed by atoms with E-state index in [0.29, 0.717) is 5.92 Å². The van der Waals surface area contributed by atoms with E-state index in [1.54, 1.807) is 0 Å². The van der Waals surface area contributed by atoms with Crippen molar-refractivity contribution >= 4 is 21.8 Å². The van der Waals surface area contributed by atoms with E-state index in [1.165, 1.54) is 12.8 Å². The molecule has 1 atom stereocenters. The molecule has 0 aliphatic rings. The second kappa shape index (κ2) is 7.27. The average Bonchev–Trinajstić information content (AvgIpc) is 2.15. The third-order valence-electron chi connectivity index (χ3n) is 2.29. The normalized spacial score (nSPS) is 13.0. The highest BCUT2D eigenvalue weighted by molar-refractivity contribution is 9.10. The SMILES string of the molecule is CCCCCN(C)C(=O)C(Br)C(C)C. The van der Waals surface area contributed by atoms with Crippen LogP contribution in [0.3, 0.4) is 0 Å². The molecule has 0 aliphatic heterocycles. The Morgan fingerprint density at radius 1 is 1.36 bits per heavy atom. The number of nitrogens with zero attached hydrogens (tertiary/aromatic N) is 1. The van der Waals surface area contributed by atoms with Gasteiger partial charge in [0, 0.05) is 13.6 Å². The van der Waals surface area contributed by atoms with E-state index in [0.717, 1.165) is 13.0 Å². The molecule has 0 saturated carbocycles. The number of hydrogen-bond acceptors (Lipinski definition) is 1. The van der Waals surface area contributed by atoms with Gasteiger partial charge in [0.25, 0.3) is 0 Å². The van der Waals surface area contributed by atoms with Crippen LogP contribution in [0.4, 0.5) is 0 Å². The average molecular weight is 264 g/mol. The lowest BCUT2D eigenvalue weighted by Crippen LogP contribution is -2.36. The summed E-state index contributed by atoms with van der Waals surface area (Å²) in [5.41, 5.74) is 0. The summed E-state index contributed by atoms with van der Waals surface area (Å²) >= 11 is 3.43. The minimum atomic E-state index is -0.0332. The predicted molar refractivity (Wildman–Crippen MR) is 64.7 cm³/mol. The molecule has 0 aromatic carbocycles. The third-order valence-corrected chi connectivity index (χ3v) is 3.74. The topological polar surface area (TPSA) is 20.3 Å². The van der Waals surface area contributed by atoms with E-state index >= 15 is 0 Å². The number of unbranched alkanes of at least 4 members (excludes halogenated alkanes) is 2. The number of amides is 1. The van der Waals surface area contributed by atoms with E-state index in [9.17, 15) is 4.79 Å². The molecule has 0 aliphatic carbocycles. The zero-order valence-electron chi connectivity index (χ0n) is 9.72. The monoisotopic (exact) mass is 263 g/mol. The maximum absolute atomic E-state index is 11.8. The van der Waals surface area contributed by atoms with Gasteiger partial charge >= 0.3 is 0 Å². The van der Waals surface area contributed by atoms with Gasteiger partial charge in [-0.3, -0.25) is 4.79 Å². The molecule has 0 saturated heterocycles. The van der Waals surface area contributed by atoms with E-state index < -0.39 is 0 Å². The minimum absolute atomic E-state index is 0.0332. The molecule has 0 rings (SSSR count). The van der Waals surface area contributed by atoms with Gasteiger partial charge in [0.2, 0.25) is 5.91 Å². The highest BCUT2D eigenvalue weighted by Gasteiger charge is 2.21. The van der Waals surface area contributed by atoms with Crippen molar-refractivity contribution in [1.82, 2.24) is 4.90 Å². The first kappa shape index (κ1) is 13.9. The number of hydrogen-bond donors (Lipinski definition) is 0. The molecule has 1 amide bonds. The van der Waals surface area contributed by atoms with Crippen molar-refractivity contribution in [2.45, 2.75) is 44.9 Å². The molecule has 3 heteroatoms. The van der Waals surface area contributed by atoms with E-state index in [2.05, 4.69) is 36.7 Å². The summed E-state index contributed by atoms with van der Waals surface area (Å²) in [5, 5.41) is 0. The van der Waals surface area contributed by atoms with E-state index in [4.69, 9.17) is 0 Å². The molecule has 0 aromatic heterocycles. The Bertz CT molecular complexity index is 171. The molecule has 84 valence electrons. The predicted octanol–water partition coefficient (Wildman–Crippen LogP) is 3.05. The largest absolute Gasteiger partial charge is 0.345 e. The highest BCUT2D eigenvalue weighted by Crippen LogP contribution is 2.14. The molecule has 0 N–H and O–H groups in total. The van der Waals surface area contributed by atoms with Gasteiger partial charge in [-0.05, 0) is 12.3 Å². The standard InChI is InChI=1S/C11H22BrNO/c1-5-6-7-8-13(4)11(14)10(12)9(2)3/h9-10H,5-8H2,1-4H3. The molecule has 0 bridgehead atoms. The van der Waals surface area contributed by atoms with Crippen LogP contribution in [-0.2, 0) is 4.79 Å². The van der Waals surface area contributed by atoms with Gasteiger partial charge in [-0.1, -0.05) is 49.5 Å². The van der Waals surface area contributed by atoms with Gasteiger partial charge in [0.15, 0.2) is 0 Å². The van der Waals surface area contributed by atoms with Crippen molar-refractivity contribution in [1.29, 1.82) is 0 Å². The molecular formula is C11H22BrNO. The van der Waals surface area contributed by atoms with Gasteiger partial charge in [-0.25, -0.2) is 0 Å². The van der Waals surface area contributed by atoms with Crippen molar-refractivity contribution < 1.29 is 4.79 Å². The van der Waals surface area contributed by atoms with Crippen LogP contribution in [0.5, 0.6) is 0 Å². The second-order valence-corrected chi connectivity index (χ2v) is 5.10. The maximum Gasteiger partial charge on any atom is 0.236 e. The van der Waals surface area contributed by atoms with Crippen molar-refractivity contribution in [2.75, 3.05) is 13.6 Å². The first-order valence-corrected chi connectivity index (χ1v) is 6.31. The van der Waals surface area contributed by atoms with Gasteiger partial charge in [0.05, 0.1) is 4.83 Å². The molecule has 0 heterocycles. The third kappa shape index (κ3) is 4.99. The zero-order valence-corrected chi connectivity index (χ0v) is 11.3. The fraction of sp³-hybridized carbons (Fsp3) is 0.909. The summed E-state index contributed by atoms with van der Waals surface area (Å²) < 4.78 is 0. The lowest BCUT2D eigenvalue weighted by molar-refractivity contribution is -0.129. The zero-order chi connectivity index (χ0) is 11.1. The van der Waals surface area contributed by atoms with Crippen molar-refractivity contribution in [3.8, 4) is 0 Å². The molecule has 0 radical (unpaired) electrons. The lowest BCUT2D eigenvalue weighted by Gasteiger charge is -2.22. The smallest absolute Gasteiger partial charge is 0.236 e. The number of halogens is 1. The summed E-state index contributed by atoms with van der Waals surface area (Å²) in [6, 6.07) is 0. The number of alkyl halides is 1. The van der Waals surface area contributed by atoms with Gasteiger partial charge in [0.1, 0.15) is 0 Å². The summed E-state index contributed by atoms with van der Waals surface area (Å²) in [7, 11) is 1.88. The van der Waals surface area contributed by atoms with E-state index in [-0.39, 0.29) is 10.7 Å². The van der Waals surface area contributed by atoms with Gasteiger partial charge < -0.3 is 4.90 Å². The Kier molecular flexibility index (Phi) is 7.24. The van der Waals surface area contributed by atoms with Gasteiger partial charge in [-0.2, -0.15) is 0 Å². The second-order valence-electron chi connectivity index (χ2n) is 4.11. The highest BCUT2D eigenvalue weighted by atomic mass is 79.9. The van der Waals surface area contributed by atoms with Crippen LogP contribution >= 0.6 is 15.9 Å². The molecule has 2 nitrogen and oxygen atoms in total. The molecule has 14 heavy (non-hydrogen) atoms. The number of carbonyl (C=O) groups is 1. The molecule has 0 aromatic rings. The maximum atomic E-state index is 11.8. The lowest BCUT2D eigenvalue weighted by atomic mass is 10.1. The number of carbonyl (C=O) groups excluding carboxylic acids is 1. The Morgan fingerprint density at radius 3 is 2.36 bits per heavy atom. The van der Waals surface area contributed by atoms with Crippen LogP contribution in [0.15, 0.2) is 0 Å². The molecule has 0 fully saturated rings. The fourth-order valence-corrected chi connectivity index (χ4v) is 1.55. The van der Waals surface area contributed by atoms with Crippen LogP contribution in [0.2, 0.25) is 0 Å². The summed E-state index contributed by atoms with van der Waals surface area (Å²) in [6.07, 6.45) is 3.51. The number of rotatable bonds is 6. The molecule has 0 spiro atoms. The van der Waals surface area contributed by atoms with Crippen LogP contribution in [0, 0.1) is 5.92 Å². The van der Waals surface area contributed by atoms with Gasteiger partial charge in [-0.15, -0.1) is 0 Å². The van der Waals surface area contributed by atoms with E-state index in [1.807, 2.05) is 11.9 Å². The Balaban J connectivity index is 3.86. The summed E-state index contributed by atoms with van der Waals surface area (Å²) in [6.45, 7) is 7.15. The molecule has 1 unspecified atom stereocenters. The quantitative estimate of drug-likeness (QED) is 0.533. The summed E-state index contributed by atoms with van der Waals surface area (Å²) in [4.78, 5) is 13.6. The van der Waals surface area contributed by atoms with Crippen molar-refractivity contribution in [2.24, 2.45) is 5.92 Å². The van der Waals surface area contributed by atoms with Crippen molar-refractivity contribution in [3.63, 3.8) is 0 Å². The minimum Gasteiger partial charge on any atom is -0.345 e. The fourth-order valence-electron chi connectivity index (χ4n) is 1.20. The first-order chi connectivity index (χ1) is 6.50. The van der Waals surface area contributed by atoms with Crippen LogP contribution in [0.1, 0.15) is 40.0 Å². The first-order valence-electron chi connectivity index (χ1n) is 5.39. The van der Waals surface area contributed by atoms with Crippen LogP contribution in [-0.4, -0.2) is 29.2 Å².